The highest BCUT2D eigenvalue weighted by Crippen LogP contribution is 2.18. The highest BCUT2D eigenvalue weighted by atomic mass is 32.2. The van der Waals surface area contributed by atoms with Gasteiger partial charge in [-0.2, -0.15) is 0 Å². The molecule has 1 heterocycles. The van der Waals surface area contributed by atoms with Gasteiger partial charge in [-0.3, -0.25) is 14.4 Å². The van der Waals surface area contributed by atoms with Crippen LogP contribution in [0.1, 0.15) is 12.2 Å². The Kier molecular flexibility index (Phi) is 6.44. The van der Waals surface area contributed by atoms with Crippen LogP contribution in [0, 0.1) is 0 Å². The van der Waals surface area contributed by atoms with E-state index in [-0.39, 0.29) is 25.0 Å². The number of fused-ring (bicyclic) bond motifs is 1. The smallest absolute Gasteiger partial charge is 0.306 e. The van der Waals surface area contributed by atoms with Gasteiger partial charge in [0, 0.05) is 17.0 Å². The Labute approximate surface area is 165 Å². The fourth-order valence-corrected chi connectivity index (χ4v) is 3.05. The van der Waals surface area contributed by atoms with Crippen molar-refractivity contribution in [3.8, 4) is 0 Å². The van der Waals surface area contributed by atoms with Gasteiger partial charge in [0.25, 0.3) is 11.5 Å². The molecule has 0 aliphatic carbocycles. The maximum absolute atomic E-state index is 12.0. The predicted octanol–water partition coefficient (Wildman–Crippen LogP) is 2.76. The minimum absolute atomic E-state index is 0.0104. The van der Waals surface area contributed by atoms with Crippen molar-refractivity contribution in [1.82, 2.24) is 9.97 Å². The quantitative estimate of drug-likeness (QED) is 0.470. The van der Waals surface area contributed by atoms with E-state index < -0.39 is 11.9 Å². The number of hydrogen-bond acceptors (Lipinski definition) is 6. The lowest BCUT2D eigenvalue weighted by Crippen LogP contribution is -2.21. The van der Waals surface area contributed by atoms with Gasteiger partial charge in [-0.05, 0) is 36.6 Å². The number of thioether (sulfide) groups is 1. The standard InChI is InChI=1S/C20H19N3O4S/c1-28-14-6-4-5-13(11-14)21-18(24)12-27-19(25)10-9-17-22-16-8-3-2-7-15(16)20(26)23-17/h2-8,11H,9-10,12H2,1H3,(H,21,24)(H,22,23,26). The molecule has 0 saturated heterocycles. The third kappa shape index (κ3) is 5.20. The molecule has 0 radical (unpaired) electrons. The number of carbonyl (C=O) groups is 2. The molecule has 1 aromatic heterocycles. The summed E-state index contributed by atoms with van der Waals surface area (Å²) in [6.45, 7) is -0.371. The summed E-state index contributed by atoms with van der Waals surface area (Å²) in [7, 11) is 0. The van der Waals surface area contributed by atoms with Gasteiger partial charge >= 0.3 is 5.97 Å². The Morgan fingerprint density at radius 3 is 2.82 bits per heavy atom. The molecular formula is C20H19N3O4S. The second-order valence-electron chi connectivity index (χ2n) is 5.97. The molecule has 2 N–H and O–H groups in total. The van der Waals surface area contributed by atoms with Crippen molar-refractivity contribution in [2.75, 3.05) is 18.2 Å². The highest BCUT2D eigenvalue weighted by Gasteiger charge is 2.10. The predicted molar refractivity (Wildman–Crippen MR) is 108 cm³/mol. The first-order chi connectivity index (χ1) is 13.5. The molecule has 7 nitrogen and oxygen atoms in total. The molecule has 144 valence electrons. The van der Waals surface area contributed by atoms with E-state index in [0.29, 0.717) is 22.4 Å². The van der Waals surface area contributed by atoms with E-state index in [4.69, 9.17) is 4.74 Å². The van der Waals surface area contributed by atoms with Crippen molar-refractivity contribution in [2.24, 2.45) is 0 Å². The molecule has 0 aliphatic heterocycles. The molecule has 0 spiro atoms. The number of carbonyl (C=O) groups excluding carboxylic acids is 2. The number of amides is 1. The summed E-state index contributed by atoms with van der Waals surface area (Å²) in [4.78, 5) is 43.8. The minimum atomic E-state index is -0.538. The number of ether oxygens (including phenoxy) is 1. The van der Waals surface area contributed by atoms with Gasteiger partial charge in [0.1, 0.15) is 5.82 Å². The number of benzene rings is 2. The SMILES string of the molecule is CSc1cccc(NC(=O)COC(=O)CCc2nc3ccccc3c(=O)[nH]2)c1. The Hall–Kier alpha value is -3.13. The summed E-state index contributed by atoms with van der Waals surface area (Å²) in [5.74, 6) is -0.549. The first kappa shape index (κ1) is 19.6. The van der Waals surface area contributed by atoms with Crippen molar-refractivity contribution >= 4 is 40.2 Å². The zero-order valence-electron chi connectivity index (χ0n) is 15.2. The first-order valence-corrected chi connectivity index (χ1v) is 9.85. The summed E-state index contributed by atoms with van der Waals surface area (Å²) in [6, 6.07) is 14.4. The molecule has 8 heteroatoms. The Morgan fingerprint density at radius 1 is 1.18 bits per heavy atom. The zero-order valence-corrected chi connectivity index (χ0v) is 16.0. The number of aryl methyl sites for hydroxylation is 1. The second-order valence-corrected chi connectivity index (χ2v) is 6.85. The molecule has 0 atom stereocenters. The van der Waals surface area contributed by atoms with E-state index in [2.05, 4.69) is 15.3 Å². The molecule has 0 aliphatic rings. The van der Waals surface area contributed by atoms with Crippen LogP contribution in [0.2, 0.25) is 0 Å². The Balaban J connectivity index is 1.49. The lowest BCUT2D eigenvalue weighted by molar-refractivity contribution is -0.147. The number of H-pyrrole nitrogens is 1. The number of aromatic amines is 1. The van der Waals surface area contributed by atoms with Crippen molar-refractivity contribution < 1.29 is 14.3 Å². The van der Waals surface area contributed by atoms with Crippen LogP contribution in [-0.2, 0) is 20.7 Å². The fourth-order valence-electron chi connectivity index (χ4n) is 2.59. The van der Waals surface area contributed by atoms with Gasteiger partial charge in [0.2, 0.25) is 0 Å². The first-order valence-electron chi connectivity index (χ1n) is 8.62. The highest BCUT2D eigenvalue weighted by molar-refractivity contribution is 7.98. The fraction of sp³-hybridized carbons (Fsp3) is 0.200. The molecule has 28 heavy (non-hydrogen) atoms. The lowest BCUT2D eigenvalue weighted by atomic mass is 10.2. The van der Waals surface area contributed by atoms with Gasteiger partial charge in [0.05, 0.1) is 17.3 Å². The van der Waals surface area contributed by atoms with Crippen molar-refractivity contribution in [3.63, 3.8) is 0 Å². The zero-order chi connectivity index (χ0) is 19.9. The van der Waals surface area contributed by atoms with Crippen LogP contribution in [0.25, 0.3) is 10.9 Å². The molecule has 0 saturated carbocycles. The van der Waals surface area contributed by atoms with Gasteiger partial charge < -0.3 is 15.0 Å². The van der Waals surface area contributed by atoms with Gasteiger partial charge in [-0.1, -0.05) is 18.2 Å². The van der Waals surface area contributed by atoms with Crippen LogP contribution in [0.3, 0.4) is 0 Å². The number of aromatic nitrogens is 2. The number of esters is 1. The van der Waals surface area contributed by atoms with Crippen LogP contribution in [0.15, 0.2) is 58.2 Å². The van der Waals surface area contributed by atoms with Crippen LogP contribution >= 0.6 is 11.8 Å². The van der Waals surface area contributed by atoms with Crippen molar-refractivity contribution in [1.29, 1.82) is 0 Å². The van der Waals surface area contributed by atoms with E-state index in [1.807, 2.05) is 24.5 Å². The lowest BCUT2D eigenvalue weighted by Gasteiger charge is -2.08. The average molecular weight is 397 g/mol. The summed E-state index contributed by atoms with van der Waals surface area (Å²) in [6.07, 6.45) is 2.17. The molecular weight excluding hydrogens is 378 g/mol. The third-order valence-corrected chi connectivity index (χ3v) is 4.67. The molecule has 0 unspecified atom stereocenters. The van der Waals surface area contributed by atoms with E-state index in [9.17, 15) is 14.4 Å². The number of nitrogens with zero attached hydrogens (tertiary/aromatic N) is 1. The molecule has 3 rings (SSSR count). The van der Waals surface area contributed by atoms with E-state index in [0.717, 1.165) is 4.90 Å². The maximum atomic E-state index is 12.0. The summed E-state index contributed by atoms with van der Waals surface area (Å²) in [5, 5.41) is 3.18. The molecule has 0 fully saturated rings. The van der Waals surface area contributed by atoms with E-state index in [1.54, 1.807) is 42.1 Å². The number of para-hydroxylation sites is 1. The van der Waals surface area contributed by atoms with Crippen molar-refractivity contribution in [3.05, 3.63) is 64.7 Å². The maximum Gasteiger partial charge on any atom is 0.306 e. The normalized spacial score (nSPS) is 10.6. The summed E-state index contributed by atoms with van der Waals surface area (Å²) >= 11 is 1.57. The molecule has 1 amide bonds. The van der Waals surface area contributed by atoms with E-state index in [1.165, 1.54) is 0 Å². The van der Waals surface area contributed by atoms with Gasteiger partial charge in [-0.15, -0.1) is 11.8 Å². The summed E-state index contributed by atoms with van der Waals surface area (Å²) in [5.41, 5.74) is 0.966. The second kappa shape index (κ2) is 9.18. The van der Waals surface area contributed by atoms with Crippen LogP contribution in [0.5, 0.6) is 0 Å². The third-order valence-electron chi connectivity index (χ3n) is 3.95. The van der Waals surface area contributed by atoms with Gasteiger partial charge in [-0.25, -0.2) is 4.98 Å². The molecule has 0 bridgehead atoms. The largest absolute Gasteiger partial charge is 0.456 e. The summed E-state index contributed by atoms with van der Waals surface area (Å²) < 4.78 is 5.00. The molecule has 3 aromatic rings. The average Bonchev–Trinajstić information content (AvgIpc) is 2.71. The Bertz CT molecular complexity index is 1060. The van der Waals surface area contributed by atoms with Crippen molar-refractivity contribution in [2.45, 2.75) is 17.7 Å². The monoisotopic (exact) mass is 397 g/mol. The Morgan fingerprint density at radius 2 is 2.00 bits per heavy atom. The van der Waals surface area contributed by atoms with Gasteiger partial charge in [0.15, 0.2) is 6.61 Å². The van der Waals surface area contributed by atoms with Crippen LogP contribution in [0.4, 0.5) is 5.69 Å². The minimum Gasteiger partial charge on any atom is -0.456 e. The number of rotatable bonds is 7. The number of anilines is 1. The number of hydrogen-bond donors (Lipinski definition) is 2. The van der Waals surface area contributed by atoms with Crippen LogP contribution < -0.4 is 10.9 Å². The topological polar surface area (TPSA) is 101 Å². The van der Waals surface area contributed by atoms with E-state index >= 15 is 0 Å². The molecule has 2 aromatic carbocycles. The number of nitrogens with one attached hydrogen (secondary N) is 2. The van der Waals surface area contributed by atoms with Crippen LogP contribution in [-0.4, -0.2) is 34.7 Å².